The SMILES string of the molecule is CC(C)CCCC(C)NC(=O)c1cc(C(=O)O)on1. The first-order valence-electron chi connectivity index (χ1n) is 6.41. The topological polar surface area (TPSA) is 92.4 Å². The number of carbonyl (C=O) groups is 2. The molecule has 1 heterocycles. The molecule has 0 saturated heterocycles. The molecule has 0 bridgehead atoms. The Labute approximate surface area is 112 Å². The molecule has 1 amide bonds. The van der Waals surface area contributed by atoms with Gasteiger partial charge in [0.05, 0.1) is 0 Å². The van der Waals surface area contributed by atoms with Crippen molar-refractivity contribution < 1.29 is 19.2 Å². The zero-order valence-electron chi connectivity index (χ0n) is 11.5. The lowest BCUT2D eigenvalue weighted by Gasteiger charge is -2.13. The lowest BCUT2D eigenvalue weighted by atomic mass is 10.0. The van der Waals surface area contributed by atoms with Crippen molar-refractivity contribution in [2.45, 2.75) is 46.1 Å². The summed E-state index contributed by atoms with van der Waals surface area (Å²) in [4.78, 5) is 22.4. The van der Waals surface area contributed by atoms with E-state index in [1.165, 1.54) is 0 Å². The highest BCUT2D eigenvalue weighted by Gasteiger charge is 2.17. The van der Waals surface area contributed by atoms with Crippen LogP contribution in [0.3, 0.4) is 0 Å². The molecule has 0 saturated carbocycles. The van der Waals surface area contributed by atoms with Crippen molar-refractivity contribution in [1.82, 2.24) is 10.5 Å². The van der Waals surface area contributed by atoms with Crippen LogP contribution in [-0.4, -0.2) is 28.2 Å². The largest absolute Gasteiger partial charge is 0.475 e. The molecular formula is C13H20N2O4. The van der Waals surface area contributed by atoms with Crippen LogP contribution in [0.2, 0.25) is 0 Å². The van der Waals surface area contributed by atoms with Crippen molar-refractivity contribution in [3.8, 4) is 0 Å². The van der Waals surface area contributed by atoms with Crippen LogP contribution >= 0.6 is 0 Å². The van der Waals surface area contributed by atoms with Crippen LogP contribution in [0, 0.1) is 5.92 Å². The third-order valence-corrected chi connectivity index (χ3v) is 2.75. The molecule has 1 rings (SSSR count). The van der Waals surface area contributed by atoms with E-state index in [0.717, 1.165) is 25.3 Å². The Balaban J connectivity index is 2.42. The van der Waals surface area contributed by atoms with Gasteiger partial charge in [0.15, 0.2) is 5.69 Å². The summed E-state index contributed by atoms with van der Waals surface area (Å²) in [6.07, 6.45) is 3.04. The predicted octanol–water partition coefficient (Wildman–Crippen LogP) is 2.32. The fourth-order valence-corrected chi connectivity index (χ4v) is 1.69. The van der Waals surface area contributed by atoms with E-state index < -0.39 is 11.9 Å². The number of carbonyl (C=O) groups excluding carboxylic acids is 1. The number of nitrogens with zero attached hydrogens (tertiary/aromatic N) is 1. The maximum absolute atomic E-state index is 11.8. The fraction of sp³-hybridized carbons (Fsp3) is 0.615. The molecule has 0 aliphatic rings. The second-order valence-electron chi connectivity index (χ2n) is 5.08. The maximum atomic E-state index is 11.8. The minimum Gasteiger partial charge on any atom is -0.475 e. The number of rotatable bonds is 7. The van der Waals surface area contributed by atoms with E-state index in [1.807, 2.05) is 6.92 Å². The molecule has 0 radical (unpaired) electrons. The zero-order chi connectivity index (χ0) is 14.4. The Bertz CT molecular complexity index is 440. The van der Waals surface area contributed by atoms with Crippen LogP contribution in [0.1, 0.15) is 61.1 Å². The van der Waals surface area contributed by atoms with E-state index >= 15 is 0 Å². The molecular weight excluding hydrogens is 248 g/mol. The molecule has 0 aliphatic carbocycles. The summed E-state index contributed by atoms with van der Waals surface area (Å²) < 4.78 is 4.53. The molecule has 0 spiro atoms. The van der Waals surface area contributed by atoms with Crippen molar-refractivity contribution >= 4 is 11.9 Å². The summed E-state index contributed by atoms with van der Waals surface area (Å²) in [6, 6.07) is 1.15. The standard InChI is InChI=1S/C13H20N2O4/c1-8(2)5-4-6-9(3)14-12(16)10-7-11(13(17)18)19-15-10/h7-9H,4-6H2,1-3H3,(H,14,16)(H,17,18). The number of amides is 1. The molecule has 6 heteroatoms. The molecule has 106 valence electrons. The van der Waals surface area contributed by atoms with Gasteiger partial charge >= 0.3 is 5.97 Å². The van der Waals surface area contributed by atoms with E-state index in [0.29, 0.717) is 5.92 Å². The number of aromatic nitrogens is 1. The lowest BCUT2D eigenvalue weighted by Crippen LogP contribution is -2.32. The first kappa shape index (κ1) is 15.2. The molecule has 1 unspecified atom stereocenters. The second-order valence-corrected chi connectivity index (χ2v) is 5.08. The van der Waals surface area contributed by atoms with E-state index in [-0.39, 0.29) is 17.5 Å². The normalized spacial score (nSPS) is 12.4. The third kappa shape index (κ3) is 5.11. The number of hydrogen-bond donors (Lipinski definition) is 2. The number of nitrogens with one attached hydrogen (secondary N) is 1. The Morgan fingerprint density at radius 3 is 2.58 bits per heavy atom. The lowest BCUT2D eigenvalue weighted by molar-refractivity contribution is 0.0651. The van der Waals surface area contributed by atoms with E-state index in [1.54, 1.807) is 0 Å². The number of aromatic carboxylic acids is 1. The maximum Gasteiger partial charge on any atom is 0.374 e. The van der Waals surface area contributed by atoms with Gasteiger partial charge in [0, 0.05) is 12.1 Å². The molecule has 0 fully saturated rings. The van der Waals surface area contributed by atoms with Crippen LogP contribution < -0.4 is 5.32 Å². The number of carboxylic acids is 1. The molecule has 19 heavy (non-hydrogen) atoms. The summed E-state index contributed by atoms with van der Waals surface area (Å²) in [5.41, 5.74) is -0.00638. The van der Waals surface area contributed by atoms with Gasteiger partial charge in [0.1, 0.15) is 0 Å². The minimum atomic E-state index is -1.24. The first-order valence-corrected chi connectivity index (χ1v) is 6.41. The van der Waals surface area contributed by atoms with Crippen molar-refractivity contribution in [3.05, 3.63) is 17.5 Å². The van der Waals surface area contributed by atoms with Gasteiger partial charge in [-0.15, -0.1) is 0 Å². The summed E-state index contributed by atoms with van der Waals surface area (Å²) in [7, 11) is 0. The predicted molar refractivity (Wildman–Crippen MR) is 69.1 cm³/mol. The summed E-state index contributed by atoms with van der Waals surface area (Å²) >= 11 is 0. The third-order valence-electron chi connectivity index (χ3n) is 2.75. The second kappa shape index (κ2) is 6.92. The molecule has 6 nitrogen and oxygen atoms in total. The average Bonchev–Trinajstić information content (AvgIpc) is 2.77. The first-order chi connectivity index (χ1) is 8.90. The Kier molecular flexibility index (Phi) is 5.54. The van der Waals surface area contributed by atoms with Gasteiger partial charge in [-0.3, -0.25) is 4.79 Å². The Morgan fingerprint density at radius 1 is 1.37 bits per heavy atom. The summed E-state index contributed by atoms with van der Waals surface area (Å²) in [5, 5.41) is 14.9. The fourth-order valence-electron chi connectivity index (χ4n) is 1.69. The molecule has 2 N–H and O–H groups in total. The van der Waals surface area contributed by atoms with Crippen LogP contribution in [0.4, 0.5) is 0 Å². The molecule has 1 aromatic heterocycles. The van der Waals surface area contributed by atoms with Crippen molar-refractivity contribution in [3.63, 3.8) is 0 Å². The highest BCUT2D eigenvalue weighted by Crippen LogP contribution is 2.09. The van der Waals surface area contributed by atoms with Crippen LogP contribution in [0.5, 0.6) is 0 Å². The van der Waals surface area contributed by atoms with Crippen molar-refractivity contribution in [2.75, 3.05) is 0 Å². The smallest absolute Gasteiger partial charge is 0.374 e. The van der Waals surface area contributed by atoms with E-state index in [2.05, 4.69) is 28.8 Å². The van der Waals surface area contributed by atoms with Crippen molar-refractivity contribution in [2.24, 2.45) is 5.92 Å². The Morgan fingerprint density at radius 2 is 2.05 bits per heavy atom. The molecule has 1 atom stereocenters. The molecule has 0 aromatic carbocycles. The van der Waals surface area contributed by atoms with Gasteiger partial charge in [-0.2, -0.15) is 0 Å². The highest BCUT2D eigenvalue weighted by molar-refractivity contribution is 5.94. The van der Waals surface area contributed by atoms with Gasteiger partial charge in [0.2, 0.25) is 5.76 Å². The van der Waals surface area contributed by atoms with Gasteiger partial charge in [-0.25, -0.2) is 4.79 Å². The highest BCUT2D eigenvalue weighted by atomic mass is 16.5. The van der Waals surface area contributed by atoms with Gasteiger partial charge in [0.25, 0.3) is 5.91 Å². The average molecular weight is 268 g/mol. The van der Waals surface area contributed by atoms with Gasteiger partial charge in [-0.1, -0.05) is 31.8 Å². The monoisotopic (exact) mass is 268 g/mol. The number of carboxylic acid groups (broad SMARTS) is 1. The van der Waals surface area contributed by atoms with Crippen LogP contribution in [0.15, 0.2) is 10.6 Å². The minimum absolute atomic E-state index is 0.00638. The summed E-state index contributed by atoms with van der Waals surface area (Å²) in [5.74, 6) is -1.33. The zero-order valence-corrected chi connectivity index (χ0v) is 11.5. The van der Waals surface area contributed by atoms with Crippen LogP contribution in [0.25, 0.3) is 0 Å². The van der Waals surface area contributed by atoms with Crippen molar-refractivity contribution in [1.29, 1.82) is 0 Å². The number of hydrogen-bond acceptors (Lipinski definition) is 4. The molecule has 0 aliphatic heterocycles. The van der Waals surface area contributed by atoms with Gasteiger partial charge < -0.3 is 14.9 Å². The molecule has 1 aromatic rings. The quantitative estimate of drug-likeness (QED) is 0.791. The van der Waals surface area contributed by atoms with Gasteiger partial charge in [-0.05, 0) is 19.3 Å². The van der Waals surface area contributed by atoms with Crippen LogP contribution in [-0.2, 0) is 0 Å². The van der Waals surface area contributed by atoms with E-state index in [4.69, 9.17) is 5.11 Å². The Hall–Kier alpha value is -1.85. The van der Waals surface area contributed by atoms with E-state index in [9.17, 15) is 9.59 Å². The summed E-state index contributed by atoms with van der Waals surface area (Å²) in [6.45, 7) is 6.23.